The molecular formula is C21H30N4O4S. The Labute approximate surface area is 177 Å². The first kappa shape index (κ1) is 21.3. The van der Waals surface area contributed by atoms with Crippen LogP contribution >= 0.6 is 0 Å². The SMILES string of the molecule is CCc1ccc(S(=O)(=O)N2CCCC(c3nn(CCOC)c(=O)n3C3CC3)C2)cc1. The molecule has 8 nitrogen and oxygen atoms in total. The van der Waals surface area contributed by atoms with Gasteiger partial charge in [-0.15, -0.1) is 0 Å². The van der Waals surface area contributed by atoms with Crippen LogP contribution in [-0.4, -0.2) is 53.9 Å². The molecule has 4 rings (SSSR count). The number of ether oxygens (including phenoxy) is 1. The minimum Gasteiger partial charge on any atom is -0.383 e. The number of aromatic nitrogens is 3. The van der Waals surface area contributed by atoms with E-state index in [1.54, 1.807) is 28.1 Å². The van der Waals surface area contributed by atoms with E-state index in [2.05, 4.69) is 5.10 Å². The predicted molar refractivity (Wildman–Crippen MR) is 113 cm³/mol. The van der Waals surface area contributed by atoms with E-state index in [9.17, 15) is 13.2 Å². The van der Waals surface area contributed by atoms with Gasteiger partial charge in [0.2, 0.25) is 10.0 Å². The number of nitrogens with zero attached hydrogens (tertiary/aromatic N) is 4. The van der Waals surface area contributed by atoms with Gasteiger partial charge in [-0.1, -0.05) is 19.1 Å². The van der Waals surface area contributed by atoms with E-state index in [1.807, 2.05) is 19.1 Å². The third-order valence-corrected chi connectivity index (χ3v) is 7.91. The second-order valence-electron chi connectivity index (χ2n) is 8.16. The van der Waals surface area contributed by atoms with Crippen LogP contribution in [0.25, 0.3) is 0 Å². The lowest BCUT2D eigenvalue weighted by molar-refractivity contribution is 0.182. The second kappa shape index (κ2) is 8.64. The van der Waals surface area contributed by atoms with E-state index < -0.39 is 10.0 Å². The maximum Gasteiger partial charge on any atom is 0.346 e. The van der Waals surface area contributed by atoms with Gasteiger partial charge in [0.25, 0.3) is 0 Å². The van der Waals surface area contributed by atoms with Crippen molar-refractivity contribution < 1.29 is 13.2 Å². The first-order valence-corrected chi connectivity index (χ1v) is 12.2. The Kier molecular flexibility index (Phi) is 6.13. The van der Waals surface area contributed by atoms with Crippen molar-refractivity contribution in [1.29, 1.82) is 0 Å². The van der Waals surface area contributed by atoms with E-state index in [0.29, 0.717) is 31.1 Å². The highest BCUT2D eigenvalue weighted by Gasteiger charge is 2.37. The molecule has 1 atom stereocenters. The summed E-state index contributed by atoms with van der Waals surface area (Å²) >= 11 is 0. The summed E-state index contributed by atoms with van der Waals surface area (Å²) in [6.45, 7) is 3.71. The van der Waals surface area contributed by atoms with E-state index in [1.165, 1.54) is 4.68 Å². The Hall–Kier alpha value is -1.97. The molecule has 30 heavy (non-hydrogen) atoms. The van der Waals surface area contributed by atoms with Crippen molar-refractivity contribution >= 4 is 10.0 Å². The Balaban J connectivity index is 1.60. The summed E-state index contributed by atoms with van der Waals surface area (Å²) in [5.41, 5.74) is 1.00. The molecule has 1 aliphatic heterocycles. The molecule has 1 saturated carbocycles. The fourth-order valence-electron chi connectivity index (χ4n) is 4.13. The minimum atomic E-state index is -3.57. The molecule has 0 spiro atoms. The zero-order valence-corrected chi connectivity index (χ0v) is 18.5. The van der Waals surface area contributed by atoms with Gasteiger partial charge >= 0.3 is 5.69 Å². The zero-order chi connectivity index (χ0) is 21.3. The molecule has 0 bridgehead atoms. The lowest BCUT2D eigenvalue weighted by Gasteiger charge is -2.31. The van der Waals surface area contributed by atoms with Crippen LogP contribution < -0.4 is 5.69 Å². The van der Waals surface area contributed by atoms with Gasteiger partial charge in [0.05, 0.1) is 18.0 Å². The number of hydrogen-bond acceptors (Lipinski definition) is 5. The minimum absolute atomic E-state index is 0.0828. The van der Waals surface area contributed by atoms with Gasteiger partial charge in [-0.2, -0.15) is 9.40 Å². The standard InChI is InChI=1S/C21H30N4O4S/c1-3-16-6-10-19(11-7-16)30(27,28)23-12-4-5-17(15-23)20-22-24(13-14-29-2)21(26)25(20)18-8-9-18/h6-7,10-11,17-18H,3-5,8-9,12-15H2,1-2H3. The summed E-state index contributed by atoms with van der Waals surface area (Å²) < 4.78 is 36.4. The lowest BCUT2D eigenvalue weighted by atomic mass is 9.99. The number of sulfonamides is 1. The van der Waals surface area contributed by atoms with Crippen LogP contribution in [0.15, 0.2) is 34.0 Å². The molecule has 0 amide bonds. The highest BCUT2D eigenvalue weighted by Crippen LogP contribution is 2.37. The molecule has 9 heteroatoms. The number of aryl methyl sites for hydroxylation is 1. The van der Waals surface area contributed by atoms with Crippen LogP contribution in [-0.2, 0) is 27.7 Å². The van der Waals surface area contributed by atoms with Crippen LogP contribution in [0.2, 0.25) is 0 Å². The van der Waals surface area contributed by atoms with Gasteiger partial charge < -0.3 is 4.74 Å². The smallest absolute Gasteiger partial charge is 0.346 e. The first-order chi connectivity index (χ1) is 14.5. The summed E-state index contributed by atoms with van der Waals surface area (Å²) in [6, 6.07) is 7.32. The van der Waals surface area contributed by atoms with Gasteiger partial charge in [0, 0.05) is 32.2 Å². The molecule has 164 valence electrons. The molecule has 2 aliphatic rings. The summed E-state index contributed by atoms with van der Waals surface area (Å²) in [5.74, 6) is 0.639. The lowest BCUT2D eigenvalue weighted by Crippen LogP contribution is -2.40. The highest BCUT2D eigenvalue weighted by molar-refractivity contribution is 7.89. The summed E-state index contributed by atoms with van der Waals surface area (Å²) in [4.78, 5) is 13.2. The molecular weight excluding hydrogens is 404 g/mol. The number of rotatable bonds is 8. The van der Waals surface area contributed by atoms with Crippen molar-refractivity contribution in [1.82, 2.24) is 18.7 Å². The summed E-state index contributed by atoms with van der Waals surface area (Å²) in [6.07, 6.45) is 4.40. The van der Waals surface area contributed by atoms with Crippen LogP contribution in [0.5, 0.6) is 0 Å². The third-order valence-electron chi connectivity index (χ3n) is 6.03. The van der Waals surface area contributed by atoms with Gasteiger partial charge in [0.1, 0.15) is 5.82 Å². The highest BCUT2D eigenvalue weighted by atomic mass is 32.2. The molecule has 2 aromatic rings. The number of piperidine rings is 1. The monoisotopic (exact) mass is 434 g/mol. The molecule has 2 fully saturated rings. The number of benzene rings is 1. The van der Waals surface area contributed by atoms with Crippen molar-refractivity contribution in [2.45, 2.75) is 62.4 Å². The van der Waals surface area contributed by atoms with Crippen LogP contribution in [0, 0.1) is 0 Å². The molecule has 1 unspecified atom stereocenters. The molecule has 1 aromatic heterocycles. The maximum absolute atomic E-state index is 13.2. The molecule has 0 radical (unpaired) electrons. The van der Waals surface area contributed by atoms with Crippen molar-refractivity contribution in [3.8, 4) is 0 Å². The molecule has 0 N–H and O–H groups in total. The van der Waals surface area contributed by atoms with Crippen LogP contribution in [0.3, 0.4) is 0 Å². The zero-order valence-electron chi connectivity index (χ0n) is 17.7. The molecule has 1 aromatic carbocycles. The molecule has 1 saturated heterocycles. The average Bonchev–Trinajstić information content (AvgIpc) is 3.55. The van der Waals surface area contributed by atoms with Crippen molar-refractivity contribution in [3.05, 3.63) is 46.1 Å². The van der Waals surface area contributed by atoms with Gasteiger partial charge in [-0.25, -0.2) is 17.9 Å². The largest absolute Gasteiger partial charge is 0.383 e. The second-order valence-corrected chi connectivity index (χ2v) is 10.1. The summed E-state index contributed by atoms with van der Waals surface area (Å²) in [7, 11) is -1.97. The Morgan fingerprint density at radius 1 is 1.17 bits per heavy atom. The summed E-state index contributed by atoms with van der Waals surface area (Å²) in [5, 5.41) is 4.61. The topological polar surface area (TPSA) is 86.4 Å². The maximum atomic E-state index is 13.2. The Morgan fingerprint density at radius 3 is 2.53 bits per heavy atom. The fraction of sp³-hybridized carbons (Fsp3) is 0.619. The van der Waals surface area contributed by atoms with E-state index in [0.717, 1.165) is 43.5 Å². The van der Waals surface area contributed by atoms with Crippen LogP contribution in [0.4, 0.5) is 0 Å². The van der Waals surface area contributed by atoms with Crippen molar-refractivity contribution in [3.63, 3.8) is 0 Å². The van der Waals surface area contributed by atoms with Crippen molar-refractivity contribution in [2.75, 3.05) is 26.8 Å². The predicted octanol–water partition coefficient (Wildman–Crippen LogP) is 2.16. The van der Waals surface area contributed by atoms with E-state index in [4.69, 9.17) is 4.74 Å². The molecule has 1 aliphatic carbocycles. The average molecular weight is 435 g/mol. The third kappa shape index (κ3) is 4.10. The van der Waals surface area contributed by atoms with Gasteiger partial charge in [-0.3, -0.25) is 4.57 Å². The van der Waals surface area contributed by atoms with E-state index >= 15 is 0 Å². The van der Waals surface area contributed by atoms with Gasteiger partial charge in [-0.05, 0) is 49.8 Å². The quantitative estimate of drug-likeness (QED) is 0.635. The fourth-order valence-corrected chi connectivity index (χ4v) is 5.66. The Morgan fingerprint density at radius 2 is 1.90 bits per heavy atom. The number of methoxy groups -OCH3 is 1. The van der Waals surface area contributed by atoms with Crippen molar-refractivity contribution in [2.24, 2.45) is 0 Å². The first-order valence-electron chi connectivity index (χ1n) is 10.7. The normalized spacial score (nSPS) is 20.5. The number of hydrogen-bond donors (Lipinski definition) is 0. The van der Waals surface area contributed by atoms with Gasteiger partial charge in [0.15, 0.2) is 0 Å². The van der Waals surface area contributed by atoms with E-state index in [-0.39, 0.29) is 17.6 Å². The van der Waals surface area contributed by atoms with Crippen LogP contribution in [0.1, 0.15) is 56.0 Å². The molecule has 2 heterocycles. The Bertz CT molecular complexity index is 1040.